The van der Waals surface area contributed by atoms with Gasteiger partial charge in [0.2, 0.25) is 5.88 Å². The molecule has 6 heteroatoms. The lowest BCUT2D eigenvalue weighted by Gasteiger charge is -2.15. The highest BCUT2D eigenvalue weighted by molar-refractivity contribution is 5.99. The van der Waals surface area contributed by atoms with E-state index < -0.39 is 17.6 Å². The van der Waals surface area contributed by atoms with Crippen LogP contribution < -0.4 is 0 Å². The number of aromatic nitrogens is 1. The molecule has 0 aliphatic heterocycles. The molecule has 1 heterocycles. The maximum Gasteiger partial charge on any atom is 0.421 e. The molecule has 0 N–H and O–H groups in total. The molecule has 0 saturated heterocycles. The number of hydrogen-bond acceptors (Lipinski definition) is 3. The van der Waals surface area contributed by atoms with Gasteiger partial charge in [0, 0.05) is 18.1 Å². The van der Waals surface area contributed by atoms with Crippen LogP contribution in [0, 0.1) is 0 Å². The van der Waals surface area contributed by atoms with Crippen LogP contribution in [0.25, 0.3) is 0 Å². The van der Waals surface area contributed by atoms with Crippen LogP contribution in [0.2, 0.25) is 0 Å². The fourth-order valence-corrected chi connectivity index (χ4v) is 1.94. The third kappa shape index (κ3) is 4.72. The number of ether oxygens (including phenoxy) is 1. The second-order valence-corrected chi connectivity index (χ2v) is 4.61. The van der Waals surface area contributed by atoms with Crippen LogP contribution in [0.4, 0.5) is 13.2 Å². The van der Waals surface area contributed by atoms with Gasteiger partial charge in [0.05, 0.1) is 7.11 Å². The zero-order valence-corrected chi connectivity index (χ0v) is 13.0. The number of alkyl halides is 3. The summed E-state index contributed by atoms with van der Waals surface area (Å²) in [6.45, 7) is 4.80. The van der Waals surface area contributed by atoms with Gasteiger partial charge in [-0.3, -0.25) is 4.98 Å². The van der Waals surface area contributed by atoms with Crippen LogP contribution in [-0.4, -0.2) is 24.0 Å². The summed E-state index contributed by atoms with van der Waals surface area (Å²) in [5.74, 6) is -0.441. The number of aliphatic imine (C=N–C) groups is 1. The molecule has 0 bridgehead atoms. The number of rotatable bonds is 5. The molecule has 0 aromatic carbocycles. The lowest BCUT2D eigenvalue weighted by atomic mass is 10.1. The van der Waals surface area contributed by atoms with Crippen molar-refractivity contribution in [3.05, 3.63) is 53.2 Å². The SMILES string of the molecule is CC/C=C(C)/C(=C(\N=C(C)c1ccncc1)OC)C(F)(F)F. The van der Waals surface area contributed by atoms with Gasteiger partial charge in [0.15, 0.2) is 0 Å². The normalized spacial score (nSPS) is 14.7. The minimum atomic E-state index is -4.54. The number of hydrogen-bond donors (Lipinski definition) is 0. The van der Waals surface area contributed by atoms with Gasteiger partial charge in [0.25, 0.3) is 0 Å². The van der Waals surface area contributed by atoms with Crippen LogP contribution in [-0.2, 0) is 4.74 Å². The molecule has 0 atom stereocenters. The molecule has 0 aliphatic rings. The van der Waals surface area contributed by atoms with Crippen LogP contribution in [0.3, 0.4) is 0 Å². The summed E-state index contributed by atoms with van der Waals surface area (Å²) in [6.07, 6.45) is 0.562. The average molecular weight is 312 g/mol. The highest BCUT2D eigenvalue weighted by atomic mass is 19.4. The van der Waals surface area contributed by atoms with Gasteiger partial charge in [0.1, 0.15) is 5.57 Å². The van der Waals surface area contributed by atoms with E-state index in [1.165, 1.54) is 20.1 Å². The summed E-state index contributed by atoms with van der Waals surface area (Å²) in [7, 11) is 1.18. The van der Waals surface area contributed by atoms with E-state index in [2.05, 4.69) is 9.98 Å². The Balaban J connectivity index is 3.43. The van der Waals surface area contributed by atoms with E-state index in [4.69, 9.17) is 4.74 Å². The van der Waals surface area contributed by atoms with Crippen molar-refractivity contribution in [2.75, 3.05) is 7.11 Å². The fourth-order valence-electron chi connectivity index (χ4n) is 1.94. The molecule has 0 radical (unpaired) electrons. The van der Waals surface area contributed by atoms with Crippen molar-refractivity contribution < 1.29 is 17.9 Å². The van der Waals surface area contributed by atoms with Gasteiger partial charge in [-0.2, -0.15) is 13.2 Å². The molecule has 0 amide bonds. The fraction of sp³-hybridized carbons (Fsp3) is 0.375. The summed E-state index contributed by atoms with van der Waals surface area (Å²) in [5, 5.41) is 0. The number of pyridine rings is 1. The van der Waals surface area contributed by atoms with Crippen molar-refractivity contribution in [1.82, 2.24) is 4.98 Å². The Morgan fingerprint density at radius 1 is 1.27 bits per heavy atom. The zero-order chi connectivity index (χ0) is 16.8. The molecule has 1 aromatic heterocycles. The predicted octanol–water partition coefficient (Wildman–Crippen LogP) is 4.67. The average Bonchev–Trinajstić information content (AvgIpc) is 2.46. The van der Waals surface area contributed by atoms with E-state index in [9.17, 15) is 13.2 Å². The Labute approximate surface area is 128 Å². The molecule has 120 valence electrons. The molecular weight excluding hydrogens is 293 g/mol. The first-order valence-corrected chi connectivity index (χ1v) is 6.79. The van der Waals surface area contributed by atoms with Crippen molar-refractivity contribution in [3.8, 4) is 0 Å². The molecule has 3 nitrogen and oxygen atoms in total. The topological polar surface area (TPSA) is 34.5 Å². The van der Waals surface area contributed by atoms with Gasteiger partial charge in [-0.1, -0.05) is 13.0 Å². The highest BCUT2D eigenvalue weighted by Gasteiger charge is 2.38. The van der Waals surface area contributed by atoms with Crippen molar-refractivity contribution in [3.63, 3.8) is 0 Å². The molecule has 0 fully saturated rings. The summed E-state index contributed by atoms with van der Waals surface area (Å²) in [6, 6.07) is 3.35. The maximum atomic E-state index is 13.3. The first-order chi connectivity index (χ1) is 10.3. The van der Waals surface area contributed by atoms with Crippen LogP contribution in [0.15, 0.2) is 52.6 Å². The minimum absolute atomic E-state index is 0.0955. The second-order valence-electron chi connectivity index (χ2n) is 4.61. The molecule has 0 unspecified atom stereocenters. The van der Waals surface area contributed by atoms with Crippen molar-refractivity contribution in [1.29, 1.82) is 0 Å². The molecule has 0 saturated carbocycles. The smallest absolute Gasteiger partial charge is 0.421 e. The lowest BCUT2D eigenvalue weighted by molar-refractivity contribution is -0.0925. The molecule has 22 heavy (non-hydrogen) atoms. The first kappa shape index (κ1) is 17.9. The van der Waals surface area contributed by atoms with E-state index in [1.54, 1.807) is 38.4 Å². The highest BCUT2D eigenvalue weighted by Crippen LogP contribution is 2.34. The molecule has 1 rings (SSSR count). The van der Waals surface area contributed by atoms with Crippen LogP contribution >= 0.6 is 0 Å². The summed E-state index contributed by atoms with van der Waals surface area (Å²) < 4.78 is 44.9. The minimum Gasteiger partial charge on any atom is -0.481 e. The molecule has 0 spiro atoms. The number of nitrogens with zero attached hydrogens (tertiary/aromatic N) is 2. The number of methoxy groups -OCH3 is 1. The Kier molecular flexibility index (Phi) is 6.34. The van der Waals surface area contributed by atoms with E-state index >= 15 is 0 Å². The first-order valence-electron chi connectivity index (χ1n) is 6.79. The van der Waals surface area contributed by atoms with Gasteiger partial charge in [-0.15, -0.1) is 0 Å². The molecule has 0 aliphatic carbocycles. The summed E-state index contributed by atoms with van der Waals surface area (Å²) in [4.78, 5) is 7.89. The monoisotopic (exact) mass is 312 g/mol. The van der Waals surface area contributed by atoms with Gasteiger partial charge >= 0.3 is 6.18 Å². The predicted molar refractivity (Wildman–Crippen MR) is 80.6 cm³/mol. The van der Waals surface area contributed by atoms with Gasteiger partial charge in [-0.25, -0.2) is 4.99 Å². The second kappa shape index (κ2) is 7.77. The maximum absolute atomic E-state index is 13.3. The lowest BCUT2D eigenvalue weighted by Crippen LogP contribution is -2.16. The summed E-state index contributed by atoms with van der Waals surface area (Å²) >= 11 is 0. The number of halogens is 3. The third-order valence-corrected chi connectivity index (χ3v) is 2.96. The Morgan fingerprint density at radius 2 is 1.86 bits per heavy atom. The quantitative estimate of drug-likeness (QED) is 0.450. The standard InChI is InChI=1S/C16H19F3N2O/c1-5-6-11(2)14(16(17,18)19)15(22-4)21-12(3)13-7-9-20-10-8-13/h6-10H,5H2,1-4H3/b11-6+,15-14-,21-12?. The Hall–Kier alpha value is -2.11. The largest absolute Gasteiger partial charge is 0.481 e. The van der Waals surface area contributed by atoms with E-state index in [-0.39, 0.29) is 5.57 Å². The van der Waals surface area contributed by atoms with E-state index in [0.717, 1.165) is 0 Å². The van der Waals surface area contributed by atoms with Crippen molar-refractivity contribution in [2.45, 2.75) is 33.4 Å². The van der Waals surface area contributed by atoms with Crippen LogP contribution in [0.5, 0.6) is 0 Å². The zero-order valence-electron chi connectivity index (χ0n) is 13.0. The molecular formula is C16H19F3N2O. The number of allylic oxidation sites excluding steroid dienone is 3. The van der Waals surface area contributed by atoms with Gasteiger partial charge in [-0.05, 0) is 43.5 Å². The van der Waals surface area contributed by atoms with E-state index in [0.29, 0.717) is 17.7 Å². The van der Waals surface area contributed by atoms with Gasteiger partial charge < -0.3 is 4.74 Å². The van der Waals surface area contributed by atoms with Crippen LogP contribution in [0.1, 0.15) is 32.8 Å². The summed E-state index contributed by atoms with van der Waals surface area (Å²) in [5.41, 5.74) is 0.344. The molecule has 1 aromatic rings. The van der Waals surface area contributed by atoms with E-state index in [1.807, 2.05) is 0 Å². The van der Waals surface area contributed by atoms with Crippen molar-refractivity contribution >= 4 is 5.71 Å². The third-order valence-electron chi connectivity index (χ3n) is 2.96. The van der Waals surface area contributed by atoms with Crippen molar-refractivity contribution in [2.24, 2.45) is 4.99 Å². The Morgan fingerprint density at radius 3 is 2.32 bits per heavy atom. The Bertz CT molecular complexity index is 587.